The van der Waals surface area contributed by atoms with Crippen molar-refractivity contribution in [3.05, 3.63) is 53.6 Å². The minimum absolute atomic E-state index is 0.0109. The molecule has 2 saturated heterocycles. The van der Waals surface area contributed by atoms with Crippen LogP contribution in [-0.4, -0.2) is 61.3 Å². The molecule has 6 nitrogen and oxygen atoms in total. The Morgan fingerprint density at radius 2 is 1.89 bits per heavy atom. The summed E-state index contributed by atoms with van der Waals surface area (Å²) in [6.07, 6.45) is 4.88. The summed E-state index contributed by atoms with van der Waals surface area (Å²) in [7, 11) is 3.32. The number of urea groups is 1. The van der Waals surface area contributed by atoms with Gasteiger partial charge in [0.2, 0.25) is 0 Å². The molecule has 5 rings (SSSR count). The van der Waals surface area contributed by atoms with Gasteiger partial charge in [-0.2, -0.15) is 11.8 Å². The smallest absolute Gasteiger partial charge is 0.319 e. The van der Waals surface area contributed by atoms with Gasteiger partial charge in [0.1, 0.15) is 0 Å². The molecule has 2 aromatic carbocycles. The molecule has 2 amide bonds. The average Bonchev–Trinajstić information content (AvgIpc) is 3.54. The Kier molecular flexibility index (Phi) is 7.30. The number of halogens is 2. The number of rotatable bonds is 6. The lowest BCUT2D eigenvalue weighted by molar-refractivity contribution is 0.109. The Morgan fingerprint density at radius 1 is 1.06 bits per heavy atom. The second kappa shape index (κ2) is 10.5. The van der Waals surface area contributed by atoms with Crippen molar-refractivity contribution < 1.29 is 23.0 Å². The first-order chi connectivity index (χ1) is 17.4. The summed E-state index contributed by atoms with van der Waals surface area (Å²) in [6, 6.07) is 10.1. The zero-order valence-corrected chi connectivity index (χ0v) is 21.5. The Balaban J connectivity index is 1.36. The largest absolute Gasteiger partial charge is 0.493 e. The predicted molar refractivity (Wildman–Crippen MR) is 138 cm³/mol. The van der Waals surface area contributed by atoms with Crippen LogP contribution in [0.3, 0.4) is 0 Å². The van der Waals surface area contributed by atoms with Gasteiger partial charge in [0.05, 0.1) is 14.2 Å². The number of methoxy groups -OCH3 is 2. The molecule has 3 fully saturated rings. The van der Waals surface area contributed by atoms with E-state index in [2.05, 4.69) is 27.7 Å². The highest BCUT2D eigenvalue weighted by Gasteiger charge is 2.53. The summed E-state index contributed by atoms with van der Waals surface area (Å²) in [6.45, 7) is 1.04. The van der Waals surface area contributed by atoms with E-state index >= 15 is 0 Å². The van der Waals surface area contributed by atoms with Gasteiger partial charge >= 0.3 is 6.03 Å². The second-order valence-electron chi connectivity index (χ2n) is 9.95. The number of benzene rings is 2. The SMILES string of the molecule is COc1ccc(C23CCC(NC(=O)Nc4ccc(F)c(F)c4)CC2N(C2CCSC2)CC3)cc1OC. The number of hydrogen-bond acceptors (Lipinski definition) is 5. The third-order valence-corrected chi connectivity index (χ3v) is 9.29. The van der Waals surface area contributed by atoms with Crippen molar-refractivity contribution in [3.63, 3.8) is 0 Å². The zero-order valence-electron chi connectivity index (χ0n) is 20.7. The minimum Gasteiger partial charge on any atom is -0.493 e. The molecule has 1 saturated carbocycles. The van der Waals surface area contributed by atoms with Gasteiger partial charge in [0, 0.05) is 41.0 Å². The molecule has 2 aromatic rings. The standard InChI is InChI=1S/C27H33F2N3O3S/c1-34-23-6-3-17(13-24(23)35-2)27-9-7-19(15-25(27)32(11-10-27)20-8-12-36-16-20)31-26(33)30-18-4-5-21(28)22(29)14-18/h3-6,13-14,19-20,25H,7-12,15-16H2,1-2H3,(H2,30,31,33). The number of carbonyl (C=O) groups excluding carboxylic acids is 1. The number of hydrogen-bond donors (Lipinski definition) is 2. The van der Waals surface area contributed by atoms with Gasteiger partial charge in [0.15, 0.2) is 23.1 Å². The minimum atomic E-state index is -0.985. The summed E-state index contributed by atoms with van der Waals surface area (Å²) in [4.78, 5) is 15.4. The van der Waals surface area contributed by atoms with Crippen LogP contribution in [0.15, 0.2) is 36.4 Å². The topological polar surface area (TPSA) is 62.8 Å². The van der Waals surface area contributed by atoms with Gasteiger partial charge < -0.3 is 20.1 Å². The predicted octanol–water partition coefficient (Wildman–Crippen LogP) is 5.17. The maximum atomic E-state index is 13.6. The first kappa shape index (κ1) is 25.1. The number of anilines is 1. The van der Waals surface area contributed by atoms with Gasteiger partial charge in [-0.3, -0.25) is 4.90 Å². The highest BCUT2D eigenvalue weighted by Crippen LogP contribution is 2.51. The molecule has 36 heavy (non-hydrogen) atoms. The molecule has 2 N–H and O–H groups in total. The monoisotopic (exact) mass is 517 g/mol. The van der Waals surface area contributed by atoms with Crippen LogP contribution < -0.4 is 20.1 Å². The van der Waals surface area contributed by atoms with E-state index in [1.807, 2.05) is 17.8 Å². The molecule has 0 radical (unpaired) electrons. The van der Waals surface area contributed by atoms with E-state index < -0.39 is 17.7 Å². The molecule has 0 bridgehead atoms. The maximum absolute atomic E-state index is 13.6. The summed E-state index contributed by atoms with van der Waals surface area (Å²) in [5.41, 5.74) is 1.48. The fraction of sp³-hybridized carbons (Fsp3) is 0.519. The molecule has 4 atom stereocenters. The van der Waals surface area contributed by atoms with Crippen LogP contribution in [0.1, 0.15) is 37.7 Å². The molecule has 2 aliphatic heterocycles. The number of amides is 2. The summed E-state index contributed by atoms with van der Waals surface area (Å²) >= 11 is 2.01. The summed E-state index contributed by atoms with van der Waals surface area (Å²) in [5.74, 6) is 1.87. The number of carbonyl (C=O) groups is 1. The van der Waals surface area contributed by atoms with Crippen LogP contribution >= 0.6 is 11.8 Å². The Labute approximate surface area is 215 Å². The van der Waals surface area contributed by atoms with Crippen LogP contribution in [-0.2, 0) is 5.41 Å². The fourth-order valence-corrected chi connectivity index (χ4v) is 7.58. The number of thioether (sulfide) groups is 1. The number of likely N-dealkylation sites (tertiary alicyclic amines) is 1. The molecular weight excluding hydrogens is 484 g/mol. The Bertz CT molecular complexity index is 1110. The molecule has 0 spiro atoms. The van der Waals surface area contributed by atoms with E-state index in [1.165, 1.54) is 23.8 Å². The third kappa shape index (κ3) is 4.75. The zero-order chi connectivity index (χ0) is 25.3. The molecule has 9 heteroatoms. The molecule has 0 aromatic heterocycles. The van der Waals surface area contributed by atoms with Crippen molar-refractivity contribution in [2.24, 2.45) is 0 Å². The fourth-order valence-electron chi connectivity index (χ4n) is 6.35. The van der Waals surface area contributed by atoms with Gasteiger partial charge in [-0.15, -0.1) is 0 Å². The van der Waals surface area contributed by atoms with E-state index in [4.69, 9.17) is 9.47 Å². The first-order valence-electron chi connectivity index (χ1n) is 12.5. The Hall–Kier alpha value is -2.52. The Morgan fingerprint density at radius 3 is 2.61 bits per heavy atom. The van der Waals surface area contributed by atoms with Crippen LogP contribution in [0.25, 0.3) is 0 Å². The van der Waals surface area contributed by atoms with Crippen LogP contribution in [0.4, 0.5) is 19.3 Å². The molecule has 1 aliphatic carbocycles. The average molecular weight is 518 g/mol. The summed E-state index contributed by atoms with van der Waals surface area (Å²) in [5, 5.41) is 5.74. The normalized spacial score (nSPS) is 27.9. The number of nitrogens with zero attached hydrogens (tertiary/aromatic N) is 1. The van der Waals surface area contributed by atoms with Crippen molar-refractivity contribution in [2.45, 2.75) is 55.6 Å². The lowest BCUT2D eigenvalue weighted by Crippen LogP contribution is -2.54. The molecular formula is C27H33F2N3O3S. The lowest BCUT2D eigenvalue weighted by atomic mass is 9.65. The third-order valence-electron chi connectivity index (χ3n) is 8.15. The van der Waals surface area contributed by atoms with E-state index in [0.717, 1.165) is 61.6 Å². The quantitative estimate of drug-likeness (QED) is 0.553. The lowest BCUT2D eigenvalue weighted by Gasteiger charge is -2.46. The van der Waals surface area contributed by atoms with E-state index in [-0.39, 0.29) is 17.1 Å². The van der Waals surface area contributed by atoms with E-state index in [9.17, 15) is 13.6 Å². The number of ether oxygens (including phenoxy) is 2. The second-order valence-corrected chi connectivity index (χ2v) is 11.1. The van der Waals surface area contributed by atoms with Crippen molar-refractivity contribution in [1.29, 1.82) is 0 Å². The molecule has 4 unspecified atom stereocenters. The van der Waals surface area contributed by atoms with Crippen LogP contribution in [0.2, 0.25) is 0 Å². The summed E-state index contributed by atoms with van der Waals surface area (Å²) < 4.78 is 37.9. The molecule has 2 heterocycles. The van der Waals surface area contributed by atoms with Gasteiger partial charge in [0.25, 0.3) is 0 Å². The van der Waals surface area contributed by atoms with Crippen molar-refractivity contribution in [3.8, 4) is 11.5 Å². The van der Waals surface area contributed by atoms with Gasteiger partial charge in [-0.05, 0) is 74.2 Å². The number of nitrogens with one attached hydrogen (secondary N) is 2. The van der Waals surface area contributed by atoms with Crippen molar-refractivity contribution >= 4 is 23.5 Å². The maximum Gasteiger partial charge on any atom is 0.319 e. The van der Waals surface area contributed by atoms with Crippen molar-refractivity contribution in [1.82, 2.24) is 10.2 Å². The highest BCUT2D eigenvalue weighted by atomic mass is 32.2. The van der Waals surface area contributed by atoms with E-state index in [1.54, 1.807) is 14.2 Å². The van der Waals surface area contributed by atoms with Crippen LogP contribution in [0, 0.1) is 11.6 Å². The molecule has 194 valence electrons. The van der Waals surface area contributed by atoms with Crippen molar-refractivity contribution in [2.75, 3.05) is 37.6 Å². The number of fused-ring (bicyclic) bond motifs is 1. The van der Waals surface area contributed by atoms with Gasteiger partial charge in [-0.1, -0.05) is 6.07 Å². The highest BCUT2D eigenvalue weighted by molar-refractivity contribution is 7.99. The van der Waals surface area contributed by atoms with Crippen LogP contribution in [0.5, 0.6) is 11.5 Å². The first-order valence-corrected chi connectivity index (χ1v) is 13.7. The van der Waals surface area contributed by atoms with Gasteiger partial charge in [-0.25, -0.2) is 13.6 Å². The van der Waals surface area contributed by atoms with E-state index in [0.29, 0.717) is 12.1 Å². The molecule has 3 aliphatic rings.